The highest BCUT2D eigenvalue weighted by Gasteiger charge is 2.22. The van der Waals surface area contributed by atoms with Crippen LogP contribution in [-0.4, -0.2) is 38.1 Å². The molecule has 11 heteroatoms. The van der Waals surface area contributed by atoms with Gasteiger partial charge in [-0.15, -0.1) is 0 Å². The summed E-state index contributed by atoms with van der Waals surface area (Å²) in [6.45, 7) is 5.79. The minimum absolute atomic E-state index is 0.115. The number of benzene rings is 5. The number of anilines is 1. The van der Waals surface area contributed by atoms with Crippen molar-refractivity contribution in [3.8, 4) is 11.8 Å². The molecule has 8 nitrogen and oxygen atoms in total. The molecule has 6 aromatic rings. The van der Waals surface area contributed by atoms with E-state index >= 15 is 0 Å². The third-order valence-electron chi connectivity index (χ3n) is 9.34. The molecule has 284 valence electrons. The summed E-state index contributed by atoms with van der Waals surface area (Å²) < 4.78 is 7.99. The molecule has 1 atom stereocenters. The molecular formula is C45H42Cl2N6O2S. The fraction of sp³-hybridized carbons (Fsp3) is 0.200. The Hall–Kier alpha value is -5.66. The summed E-state index contributed by atoms with van der Waals surface area (Å²) in [6.07, 6.45) is 4.06. The molecule has 5 aromatic carbocycles. The Morgan fingerprint density at radius 3 is 2.41 bits per heavy atom. The third kappa shape index (κ3) is 11.2. The summed E-state index contributed by atoms with van der Waals surface area (Å²) in [5.74, 6) is 0.596. The summed E-state index contributed by atoms with van der Waals surface area (Å²) in [4.78, 5) is 20.3. The molecule has 0 saturated heterocycles. The highest BCUT2D eigenvalue weighted by molar-refractivity contribution is 7.80. The summed E-state index contributed by atoms with van der Waals surface area (Å²) in [6, 6.07) is 38.9. The van der Waals surface area contributed by atoms with Gasteiger partial charge in [-0.1, -0.05) is 108 Å². The second-order valence-corrected chi connectivity index (χ2v) is 14.9. The number of nitriles is 1. The van der Waals surface area contributed by atoms with Crippen LogP contribution in [0.15, 0.2) is 128 Å². The van der Waals surface area contributed by atoms with Crippen molar-refractivity contribution in [3.63, 3.8) is 0 Å². The number of hydrogen-bond donors (Lipinski definition) is 2. The first-order valence-corrected chi connectivity index (χ1v) is 19.4. The maximum atomic E-state index is 13.9. The summed E-state index contributed by atoms with van der Waals surface area (Å²) in [7, 11) is 0. The maximum Gasteiger partial charge on any atom is 0.226 e. The van der Waals surface area contributed by atoms with E-state index in [-0.39, 0.29) is 18.4 Å². The van der Waals surface area contributed by atoms with Crippen LogP contribution in [0.25, 0.3) is 0 Å². The number of thiocarbonyl (C=S) groups is 1. The molecule has 0 spiro atoms. The van der Waals surface area contributed by atoms with Crippen LogP contribution in [-0.2, 0) is 37.3 Å². The second-order valence-electron chi connectivity index (χ2n) is 13.7. The molecule has 0 radical (unpaired) electrons. The summed E-state index contributed by atoms with van der Waals surface area (Å²) in [5.41, 5.74) is 8.37. The van der Waals surface area contributed by atoms with Gasteiger partial charge >= 0.3 is 0 Å². The van der Waals surface area contributed by atoms with Crippen molar-refractivity contribution in [3.05, 3.63) is 182 Å². The van der Waals surface area contributed by atoms with Gasteiger partial charge in [0.25, 0.3) is 0 Å². The Labute approximate surface area is 343 Å². The highest BCUT2D eigenvalue weighted by Crippen LogP contribution is 2.27. The van der Waals surface area contributed by atoms with Crippen molar-refractivity contribution < 1.29 is 9.53 Å². The van der Waals surface area contributed by atoms with E-state index in [0.29, 0.717) is 53.4 Å². The number of rotatable bonds is 15. The number of aryl methyl sites for hydroxylation is 2. The summed E-state index contributed by atoms with van der Waals surface area (Å²) >= 11 is 19.2. The van der Waals surface area contributed by atoms with Crippen LogP contribution < -0.4 is 15.4 Å². The molecule has 1 heterocycles. The Morgan fingerprint density at radius 2 is 1.68 bits per heavy atom. The van der Waals surface area contributed by atoms with E-state index in [2.05, 4.69) is 34.7 Å². The van der Waals surface area contributed by atoms with E-state index in [9.17, 15) is 10.1 Å². The van der Waals surface area contributed by atoms with Gasteiger partial charge in [0.15, 0.2) is 5.11 Å². The van der Waals surface area contributed by atoms with Crippen molar-refractivity contribution in [2.24, 2.45) is 0 Å². The number of carbonyl (C=O) groups is 1. The highest BCUT2D eigenvalue weighted by atomic mass is 35.5. The Morgan fingerprint density at radius 1 is 0.929 bits per heavy atom. The third-order valence-corrected chi connectivity index (χ3v) is 10.6. The fourth-order valence-electron chi connectivity index (χ4n) is 6.38. The van der Waals surface area contributed by atoms with Gasteiger partial charge < -0.3 is 24.8 Å². The number of amides is 1. The molecule has 1 aromatic heterocycles. The zero-order valence-corrected chi connectivity index (χ0v) is 33.5. The van der Waals surface area contributed by atoms with Crippen molar-refractivity contribution in [2.45, 2.75) is 52.4 Å². The predicted molar refractivity (Wildman–Crippen MR) is 228 cm³/mol. The number of ether oxygens (including phenoxy) is 1. The van der Waals surface area contributed by atoms with Crippen LogP contribution >= 0.6 is 35.4 Å². The molecule has 56 heavy (non-hydrogen) atoms. The average molecular weight is 802 g/mol. The lowest BCUT2D eigenvalue weighted by Gasteiger charge is -2.31. The molecule has 0 bridgehead atoms. The van der Waals surface area contributed by atoms with Crippen LogP contribution in [0.3, 0.4) is 0 Å². The van der Waals surface area contributed by atoms with Crippen LogP contribution in [0.4, 0.5) is 5.69 Å². The van der Waals surface area contributed by atoms with Crippen molar-refractivity contribution in [1.82, 2.24) is 19.8 Å². The van der Waals surface area contributed by atoms with E-state index in [1.165, 1.54) is 0 Å². The number of nitrogens with zero attached hydrogens (tertiary/aromatic N) is 4. The topological polar surface area (TPSA) is 95.2 Å². The first-order valence-electron chi connectivity index (χ1n) is 18.2. The lowest BCUT2D eigenvalue weighted by molar-refractivity contribution is -0.121. The lowest BCUT2D eigenvalue weighted by atomic mass is 10.0. The number of imidazole rings is 1. The molecule has 2 N–H and O–H groups in total. The molecule has 1 amide bonds. The quantitative estimate of drug-likeness (QED) is 0.100. The number of carbonyl (C=O) groups excluding carboxylic acids is 1. The fourth-order valence-corrected chi connectivity index (χ4v) is 7.01. The average Bonchev–Trinajstić information content (AvgIpc) is 3.63. The maximum absolute atomic E-state index is 13.9. The number of nitrogens with one attached hydrogen (secondary N) is 2. The van der Waals surface area contributed by atoms with Crippen LogP contribution in [0.5, 0.6) is 5.75 Å². The van der Waals surface area contributed by atoms with Crippen LogP contribution in [0.1, 0.15) is 44.6 Å². The number of hydrogen-bond acceptors (Lipinski definition) is 5. The van der Waals surface area contributed by atoms with E-state index in [0.717, 1.165) is 50.5 Å². The monoisotopic (exact) mass is 800 g/mol. The Kier molecular flexibility index (Phi) is 13.8. The molecule has 6 rings (SSSR count). The Balaban J connectivity index is 1.24. The van der Waals surface area contributed by atoms with Crippen LogP contribution in [0, 0.1) is 25.2 Å². The van der Waals surface area contributed by atoms with Gasteiger partial charge in [0, 0.05) is 37.2 Å². The standard InChI is InChI=1S/C45H42Cl2N6O2S/c1-31-11-20-42(32(2)21-31)51-45(56)52(27-37-9-6-10-41(46)44(37)47)28-38(22-33-16-18-40(19-17-33)55-29-36-7-4-3-5-8-36)50-43(54)23-39-25-49-30-53(39)26-35-14-12-34(24-48)13-15-35/h3-21,25,30,38H,22-23,26-29H2,1-2H3,(H,50,54)(H,51,56)/t38-/m0/s1. The second kappa shape index (κ2) is 19.3. The number of aromatic nitrogens is 2. The van der Waals surface area contributed by atoms with Gasteiger partial charge in [0.2, 0.25) is 5.91 Å². The summed E-state index contributed by atoms with van der Waals surface area (Å²) in [5, 5.41) is 17.3. The van der Waals surface area contributed by atoms with Gasteiger partial charge in [-0.25, -0.2) is 4.98 Å². The van der Waals surface area contributed by atoms with E-state index in [4.69, 9.17) is 40.2 Å². The molecule has 0 unspecified atom stereocenters. The van der Waals surface area contributed by atoms with Crippen molar-refractivity contribution in [1.29, 1.82) is 5.26 Å². The van der Waals surface area contributed by atoms with Crippen molar-refractivity contribution in [2.75, 3.05) is 11.9 Å². The first-order chi connectivity index (χ1) is 27.1. The normalized spacial score (nSPS) is 11.3. The van der Waals surface area contributed by atoms with Gasteiger partial charge in [-0.3, -0.25) is 4.79 Å². The molecule has 0 aliphatic heterocycles. The zero-order chi connectivity index (χ0) is 39.4. The lowest BCUT2D eigenvalue weighted by Crippen LogP contribution is -2.48. The largest absolute Gasteiger partial charge is 0.489 e. The molecule has 0 aliphatic carbocycles. The molecule has 0 fully saturated rings. The Bertz CT molecular complexity index is 2310. The minimum atomic E-state index is -0.370. The minimum Gasteiger partial charge on any atom is -0.489 e. The zero-order valence-electron chi connectivity index (χ0n) is 31.2. The van der Waals surface area contributed by atoms with E-state index in [1.807, 2.05) is 107 Å². The van der Waals surface area contributed by atoms with E-state index in [1.54, 1.807) is 30.7 Å². The molecule has 0 aliphatic rings. The van der Waals surface area contributed by atoms with Crippen molar-refractivity contribution >= 4 is 52.1 Å². The van der Waals surface area contributed by atoms with Gasteiger partial charge in [0.1, 0.15) is 12.4 Å². The van der Waals surface area contributed by atoms with Gasteiger partial charge in [-0.2, -0.15) is 5.26 Å². The van der Waals surface area contributed by atoms with Gasteiger partial charge in [0.05, 0.1) is 40.5 Å². The first kappa shape index (κ1) is 40.0. The molecular weight excluding hydrogens is 760 g/mol. The smallest absolute Gasteiger partial charge is 0.226 e. The van der Waals surface area contributed by atoms with Gasteiger partial charge in [-0.05, 0) is 96.7 Å². The van der Waals surface area contributed by atoms with Crippen LogP contribution in [0.2, 0.25) is 10.0 Å². The SMILES string of the molecule is Cc1ccc(NC(=S)N(Cc2cccc(Cl)c2Cl)C[C@H](Cc2ccc(OCc3ccccc3)cc2)NC(=O)Cc2cncn2Cc2ccc(C#N)cc2)c(C)c1. The predicted octanol–water partition coefficient (Wildman–Crippen LogP) is 9.47. The molecule has 0 saturated carbocycles. The van der Waals surface area contributed by atoms with E-state index < -0.39 is 0 Å². The number of halogens is 2.